The second kappa shape index (κ2) is 5.42. The first-order valence-electron chi connectivity index (χ1n) is 4.80. The maximum atomic E-state index is 12.9. The summed E-state index contributed by atoms with van der Waals surface area (Å²) in [4.78, 5) is 11.8. The van der Waals surface area contributed by atoms with Crippen molar-refractivity contribution >= 4 is 33.6 Å². The molecule has 0 aliphatic rings. The molecule has 2 nitrogen and oxygen atoms in total. The first-order valence-corrected chi connectivity index (χ1v) is 6.47. The molecule has 0 fully saturated rings. The molecule has 0 saturated carbocycles. The number of hydrogen-bond donors (Lipinski definition) is 0. The number of carbonyl (C=O) groups is 1. The molecule has 0 bridgehead atoms. The van der Waals surface area contributed by atoms with Gasteiger partial charge >= 0.3 is 0 Å². The highest BCUT2D eigenvalue weighted by Gasteiger charge is 2.07. The van der Waals surface area contributed by atoms with E-state index >= 15 is 0 Å². The number of ether oxygens (including phenoxy) is 1. The molecule has 1 heterocycles. The highest BCUT2D eigenvalue weighted by molar-refractivity contribution is 9.10. The highest BCUT2D eigenvalue weighted by atomic mass is 79.9. The van der Waals surface area contributed by atoms with Crippen molar-refractivity contribution in [3.05, 3.63) is 50.4 Å². The molecule has 0 atom stereocenters. The van der Waals surface area contributed by atoms with Crippen molar-refractivity contribution in [2.24, 2.45) is 0 Å². The van der Waals surface area contributed by atoms with Gasteiger partial charge in [-0.15, -0.1) is 11.3 Å². The zero-order valence-corrected chi connectivity index (χ0v) is 11.1. The lowest BCUT2D eigenvalue weighted by Crippen LogP contribution is -1.97. The minimum absolute atomic E-state index is 0.220. The van der Waals surface area contributed by atoms with Gasteiger partial charge in [-0.1, -0.05) is 0 Å². The van der Waals surface area contributed by atoms with Gasteiger partial charge in [-0.05, 0) is 45.6 Å². The third-order valence-corrected chi connectivity index (χ3v) is 4.05. The molecule has 88 valence electrons. The molecule has 0 aliphatic carbocycles. The summed E-state index contributed by atoms with van der Waals surface area (Å²) in [7, 11) is 0. The fourth-order valence-corrected chi connectivity index (χ4v) is 2.69. The van der Waals surface area contributed by atoms with Gasteiger partial charge in [0.2, 0.25) is 0 Å². The van der Waals surface area contributed by atoms with E-state index in [1.807, 2.05) is 11.4 Å². The summed E-state index contributed by atoms with van der Waals surface area (Å²) < 4.78 is 19.4. The van der Waals surface area contributed by atoms with E-state index in [9.17, 15) is 9.18 Å². The molecule has 0 saturated heterocycles. The Morgan fingerprint density at radius 1 is 1.41 bits per heavy atom. The topological polar surface area (TPSA) is 26.3 Å². The van der Waals surface area contributed by atoms with E-state index in [0.29, 0.717) is 18.6 Å². The van der Waals surface area contributed by atoms with E-state index in [1.54, 1.807) is 11.3 Å². The molecular weight excluding hydrogens is 307 g/mol. The SMILES string of the molecule is O=Cc1cc(F)ccc1OCc1sccc1Br. The van der Waals surface area contributed by atoms with Crippen LogP contribution in [0.25, 0.3) is 0 Å². The Morgan fingerprint density at radius 3 is 2.88 bits per heavy atom. The van der Waals surface area contributed by atoms with Gasteiger partial charge in [0.1, 0.15) is 18.2 Å². The molecule has 0 N–H and O–H groups in total. The summed E-state index contributed by atoms with van der Waals surface area (Å²) >= 11 is 4.94. The van der Waals surface area contributed by atoms with Crippen LogP contribution in [0.1, 0.15) is 15.2 Å². The smallest absolute Gasteiger partial charge is 0.153 e. The van der Waals surface area contributed by atoms with Gasteiger partial charge in [-0.3, -0.25) is 4.79 Å². The second-order valence-corrected chi connectivity index (χ2v) is 5.14. The molecule has 1 aromatic heterocycles. The lowest BCUT2D eigenvalue weighted by atomic mass is 10.2. The van der Waals surface area contributed by atoms with E-state index in [-0.39, 0.29) is 5.56 Å². The quantitative estimate of drug-likeness (QED) is 0.796. The number of halogens is 2. The molecule has 0 unspecified atom stereocenters. The Labute approximate surface area is 110 Å². The Morgan fingerprint density at radius 2 is 2.24 bits per heavy atom. The van der Waals surface area contributed by atoms with E-state index in [4.69, 9.17) is 4.74 Å². The summed E-state index contributed by atoms with van der Waals surface area (Å²) in [6.45, 7) is 0.352. The van der Waals surface area contributed by atoms with Gasteiger partial charge in [0.15, 0.2) is 6.29 Å². The van der Waals surface area contributed by atoms with Crippen molar-refractivity contribution in [2.45, 2.75) is 6.61 Å². The van der Waals surface area contributed by atoms with Crippen LogP contribution in [0.3, 0.4) is 0 Å². The maximum Gasteiger partial charge on any atom is 0.153 e. The molecule has 0 aliphatic heterocycles. The van der Waals surface area contributed by atoms with Gasteiger partial charge in [-0.25, -0.2) is 4.39 Å². The monoisotopic (exact) mass is 314 g/mol. The molecule has 0 radical (unpaired) electrons. The van der Waals surface area contributed by atoms with Crippen molar-refractivity contribution in [2.75, 3.05) is 0 Å². The van der Waals surface area contributed by atoms with Crippen LogP contribution in [0.2, 0.25) is 0 Å². The van der Waals surface area contributed by atoms with Crippen LogP contribution < -0.4 is 4.74 Å². The fourth-order valence-electron chi connectivity index (χ4n) is 1.31. The predicted octanol–water partition coefficient (Wildman–Crippen LogP) is 4.04. The Hall–Kier alpha value is -1.20. The van der Waals surface area contributed by atoms with Crippen LogP contribution in [0.4, 0.5) is 4.39 Å². The van der Waals surface area contributed by atoms with Crippen LogP contribution in [0.15, 0.2) is 34.1 Å². The van der Waals surface area contributed by atoms with E-state index in [1.165, 1.54) is 12.1 Å². The van der Waals surface area contributed by atoms with Crippen LogP contribution in [-0.4, -0.2) is 6.29 Å². The third kappa shape index (κ3) is 2.92. The number of thiophene rings is 1. The summed E-state index contributed by atoms with van der Waals surface area (Å²) in [5.74, 6) is -0.0570. The number of carbonyl (C=O) groups excluding carboxylic acids is 1. The lowest BCUT2D eigenvalue weighted by molar-refractivity contribution is 0.111. The average Bonchev–Trinajstić information content (AvgIpc) is 2.73. The van der Waals surface area contributed by atoms with Crippen LogP contribution >= 0.6 is 27.3 Å². The molecule has 17 heavy (non-hydrogen) atoms. The summed E-state index contributed by atoms with van der Waals surface area (Å²) in [5.41, 5.74) is 0.220. The van der Waals surface area contributed by atoms with Gasteiger partial charge in [0.25, 0.3) is 0 Å². The lowest BCUT2D eigenvalue weighted by Gasteiger charge is -2.07. The van der Waals surface area contributed by atoms with Crippen molar-refractivity contribution in [1.82, 2.24) is 0 Å². The first kappa shape index (κ1) is 12.3. The molecule has 0 spiro atoms. The average molecular weight is 315 g/mol. The van der Waals surface area contributed by atoms with E-state index in [2.05, 4.69) is 15.9 Å². The van der Waals surface area contributed by atoms with Gasteiger partial charge < -0.3 is 4.74 Å². The fraction of sp³-hybridized carbons (Fsp3) is 0.0833. The largest absolute Gasteiger partial charge is 0.487 e. The first-order chi connectivity index (χ1) is 8.20. The number of rotatable bonds is 4. The van der Waals surface area contributed by atoms with Crippen molar-refractivity contribution < 1.29 is 13.9 Å². The van der Waals surface area contributed by atoms with Crippen LogP contribution in [-0.2, 0) is 6.61 Å². The molecule has 2 rings (SSSR count). The van der Waals surface area contributed by atoms with Gasteiger partial charge in [-0.2, -0.15) is 0 Å². The molecule has 1 aromatic carbocycles. The third-order valence-electron chi connectivity index (χ3n) is 2.15. The Bertz CT molecular complexity index is 539. The van der Waals surface area contributed by atoms with E-state index < -0.39 is 5.82 Å². The maximum absolute atomic E-state index is 12.9. The number of aldehydes is 1. The zero-order chi connectivity index (χ0) is 12.3. The van der Waals surface area contributed by atoms with Crippen molar-refractivity contribution in [3.63, 3.8) is 0 Å². The normalized spacial score (nSPS) is 10.2. The van der Waals surface area contributed by atoms with Crippen LogP contribution in [0, 0.1) is 5.82 Å². The number of hydrogen-bond acceptors (Lipinski definition) is 3. The zero-order valence-electron chi connectivity index (χ0n) is 8.65. The van der Waals surface area contributed by atoms with Crippen molar-refractivity contribution in [1.29, 1.82) is 0 Å². The summed E-state index contributed by atoms with van der Waals surface area (Å²) in [5, 5.41) is 1.94. The summed E-state index contributed by atoms with van der Waals surface area (Å²) in [6.07, 6.45) is 0.585. The molecular formula is C12H8BrFO2S. The predicted molar refractivity (Wildman–Crippen MR) is 68.1 cm³/mol. The Balaban J connectivity index is 2.14. The van der Waals surface area contributed by atoms with Gasteiger partial charge in [0, 0.05) is 4.47 Å². The van der Waals surface area contributed by atoms with Crippen molar-refractivity contribution in [3.8, 4) is 5.75 Å². The molecule has 5 heteroatoms. The van der Waals surface area contributed by atoms with Gasteiger partial charge in [0.05, 0.1) is 10.4 Å². The molecule has 0 amide bonds. The second-order valence-electron chi connectivity index (χ2n) is 3.28. The minimum Gasteiger partial charge on any atom is -0.487 e. The number of benzene rings is 1. The minimum atomic E-state index is -0.447. The highest BCUT2D eigenvalue weighted by Crippen LogP contribution is 2.25. The molecule has 2 aromatic rings. The summed E-state index contributed by atoms with van der Waals surface area (Å²) in [6, 6.07) is 5.81. The Kier molecular flexibility index (Phi) is 3.91. The van der Waals surface area contributed by atoms with E-state index in [0.717, 1.165) is 15.4 Å². The standard InChI is InChI=1S/C12H8BrFO2S/c13-10-3-4-17-12(10)7-16-11-2-1-9(14)5-8(11)6-15/h1-6H,7H2. The van der Waals surface area contributed by atoms with Crippen LogP contribution in [0.5, 0.6) is 5.75 Å².